The Bertz CT molecular complexity index is 1850. The molecule has 4 aromatic heterocycles. The van der Waals surface area contributed by atoms with E-state index >= 15 is 0 Å². The second kappa shape index (κ2) is 13.8. The SMILES string of the molecule is COc1ncnc(C2CC2)c1-c1ncnc(N(CCCNC(=O)n2ccnc2)Cc2ccc(-c3nc(C(F)(F)F)cn3C(C)C)cc2)n1. The van der Waals surface area contributed by atoms with E-state index in [2.05, 4.69) is 35.2 Å². The van der Waals surface area contributed by atoms with Crippen LogP contribution in [0.2, 0.25) is 0 Å². The van der Waals surface area contributed by atoms with Gasteiger partial charge in [0.2, 0.25) is 11.8 Å². The number of methoxy groups -OCH3 is 1. The molecule has 13 nitrogen and oxygen atoms in total. The van der Waals surface area contributed by atoms with E-state index < -0.39 is 11.9 Å². The van der Waals surface area contributed by atoms with Gasteiger partial charge >= 0.3 is 12.2 Å². The van der Waals surface area contributed by atoms with Crippen LogP contribution in [0.5, 0.6) is 5.88 Å². The first kappa shape index (κ1) is 32.5. The van der Waals surface area contributed by atoms with Crippen molar-refractivity contribution >= 4 is 12.0 Å². The first-order valence-electron chi connectivity index (χ1n) is 15.5. The van der Waals surface area contributed by atoms with E-state index in [0.29, 0.717) is 54.8 Å². The van der Waals surface area contributed by atoms with Crippen LogP contribution in [0.4, 0.5) is 23.9 Å². The summed E-state index contributed by atoms with van der Waals surface area (Å²) in [6.07, 6.45) is 6.48. The molecule has 0 unspecified atom stereocenters. The maximum Gasteiger partial charge on any atom is 0.434 e. The first-order valence-corrected chi connectivity index (χ1v) is 15.5. The van der Waals surface area contributed by atoms with Crippen LogP contribution in [0.1, 0.15) is 62.0 Å². The Morgan fingerprint density at radius 3 is 2.52 bits per heavy atom. The van der Waals surface area contributed by atoms with Crippen LogP contribution < -0.4 is 15.0 Å². The number of benzene rings is 1. The molecule has 1 saturated carbocycles. The van der Waals surface area contributed by atoms with E-state index in [1.807, 2.05) is 30.9 Å². The van der Waals surface area contributed by atoms with Crippen molar-refractivity contribution in [1.29, 1.82) is 0 Å². The highest BCUT2D eigenvalue weighted by Gasteiger charge is 2.35. The summed E-state index contributed by atoms with van der Waals surface area (Å²) in [6, 6.07) is 6.68. The highest BCUT2D eigenvalue weighted by Crippen LogP contribution is 2.44. The van der Waals surface area contributed by atoms with Gasteiger partial charge < -0.3 is 19.5 Å². The molecular formula is C32H34F3N11O2. The van der Waals surface area contributed by atoms with Gasteiger partial charge in [-0.3, -0.25) is 4.57 Å². The van der Waals surface area contributed by atoms with Gasteiger partial charge in [-0.15, -0.1) is 0 Å². The molecule has 1 aliphatic rings. The minimum Gasteiger partial charge on any atom is -0.480 e. The van der Waals surface area contributed by atoms with Gasteiger partial charge in [0, 0.05) is 55.7 Å². The fourth-order valence-corrected chi connectivity index (χ4v) is 5.28. The molecule has 6 rings (SSSR count). The zero-order valence-electron chi connectivity index (χ0n) is 26.6. The largest absolute Gasteiger partial charge is 0.480 e. The Morgan fingerprint density at radius 1 is 1.08 bits per heavy atom. The number of hydrogen-bond acceptors (Lipinski definition) is 10. The average Bonchev–Trinajstić information content (AvgIpc) is 3.56. The van der Waals surface area contributed by atoms with Crippen LogP contribution in [0.15, 0.2) is 61.8 Å². The fourth-order valence-electron chi connectivity index (χ4n) is 5.28. The van der Waals surface area contributed by atoms with E-state index in [4.69, 9.17) is 9.72 Å². The van der Waals surface area contributed by atoms with Gasteiger partial charge in [-0.05, 0) is 38.7 Å². The zero-order chi connectivity index (χ0) is 33.8. The molecule has 0 bridgehead atoms. The lowest BCUT2D eigenvalue weighted by molar-refractivity contribution is -0.140. The van der Waals surface area contributed by atoms with E-state index in [0.717, 1.165) is 30.3 Å². The van der Waals surface area contributed by atoms with Crippen LogP contribution in [0, 0.1) is 0 Å². The number of imidazole rings is 2. The molecule has 0 aliphatic heterocycles. The molecular weight excluding hydrogens is 627 g/mol. The zero-order valence-corrected chi connectivity index (χ0v) is 26.6. The first-order chi connectivity index (χ1) is 23.1. The molecule has 48 heavy (non-hydrogen) atoms. The molecule has 1 amide bonds. The van der Waals surface area contributed by atoms with Crippen LogP contribution in [0.3, 0.4) is 0 Å². The molecule has 250 valence electrons. The summed E-state index contributed by atoms with van der Waals surface area (Å²) in [5.41, 5.74) is 1.94. The van der Waals surface area contributed by atoms with Gasteiger partial charge in [0.25, 0.3) is 0 Å². The minimum absolute atomic E-state index is 0.222. The molecule has 0 saturated heterocycles. The molecule has 0 atom stereocenters. The van der Waals surface area contributed by atoms with Crippen molar-refractivity contribution in [3.63, 3.8) is 0 Å². The second-order valence-electron chi connectivity index (χ2n) is 11.6. The van der Waals surface area contributed by atoms with Crippen molar-refractivity contribution in [1.82, 2.24) is 49.3 Å². The lowest BCUT2D eigenvalue weighted by Gasteiger charge is -2.23. The Balaban J connectivity index is 1.27. The molecule has 1 N–H and O–H groups in total. The lowest BCUT2D eigenvalue weighted by Crippen LogP contribution is -2.32. The Kier molecular flexibility index (Phi) is 9.32. The summed E-state index contributed by atoms with van der Waals surface area (Å²) in [7, 11) is 1.54. The highest BCUT2D eigenvalue weighted by molar-refractivity contribution is 5.76. The Hall–Kier alpha value is -5.41. The minimum atomic E-state index is -4.55. The predicted octanol–water partition coefficient (Wildman–Crippen LogP) is 5.53. The number of ether oxygens (including phenoxy) is 1. The molecule has 1 fully saturated rings. The fraction of sp³-hybridized carbons (Fsp3) is 0.375. The quantitative estimate of drug-likeness (QED) is 0.170. The summed E-state index contributed by atoms with van der Waals surface area (Å²) in [6.45, 7) is 4.81. The molecule has 0 radical (unpaired) electrons. The number of aromatic nitrogens is 9. The van der Waals surface area contributed by atoms with E-state index in [1.165, 1.54) is 41.4 Å². The average molecular weight is 662 g/mol. The van der Waals surface area contributed by atoms with E-state index in [9.17, 15) is 18.0 Å². The third kappa shape index (κ3) is 7.26. The molecule has 0 spiro atoms. The van der Waals surface area contributed by atoms with Gasteiger partial charge in [-0.1, -0.05) is 24.3 Å². The standard InChI is InChI=1S/C32H34F3N11O2/c1-20(2)46-16-24(32(33,34)35)42-28(46)23-7-5-21(6-8-23)15-44(13-4-11-37-31(47)45-14-12-36-19-45)30-41-18-39-27(43-30)25-26(22-9-10-22)38-17-40-29(25)48-3/h5-8,12,14,16-20,22H,4,9-11,13,15H2,1-3H3,(H,37,47). The number of halogens is 3. The van der Waals surface area contributed by atoms with Gasteiger partial charge in [0.15, 0.2) is 11.5 Å². The molecule has 4 heterocycles. The highest BCUT2D eigenvalue weighted by atomic mass is 19.4. The summed E-state index contributed by atoms with van der Waals surface area (Å²) < 4.78 is 48.9. The lowest BCUT2D eigenvalue weighted by atomic mass is 10.1. The third-order valence-electron chi connectivity index (χ3n) is 7.85. The summed E-state index contributed by atoms with van der Waals surface area (Å²) in [4.78, 5) is 44.7. The van der Waals surface area contributed by atoms with Crippen molar-refractivity contribution < 1.29 is 22.7 Å². The van der Waals surface area contributed by atoms with Crippen LogP contribution in [0.25, 0.3) is 22.8 Å². The number of anilines is 1. The third-order valence-corrected chi connectivity index (χ3v) is 7.85. The molecule has 1 aliphatic carbocycles. The van der Waals surface area contributed by atoms with Crippen molar-refractivity contribution in [3.05, 3.63) is 78.8 Å². The molecule has 5 aromatic rings. The summed E-state index contributed by atoms with van der Waals surface area (Å²) >= 11 is 0. The van der Waals surface area contributed by atoms with Crippen LogP contribution >= 0.6 is 0 Å². The van der Waals surface area contributed by atoms with Crippen molar-refractivity contribution in [3.8, 4) is 28.7 Å². The van der Waals surface area contributed by atoms with Gasteiger partial charge in [0.1, 0.15) is 30.4 Å². The number of carbonyl (C=O) groups excluding carboxylic acids is 1. The van der Waals surface area contributed by atoms with Gasteiger partial charge in [-0.25, -0.2) is 34.7 Å². The predicted molar refractivity (Wildman–Crippen MR) is 169 cm³/mol. The number of rotatable bonds is 12. The number of alkyl halides is 3. The maximum absolute atomic E-state index is 13.5. The number of hydrogen-bond donors (Lipinski definition) is 1. The molecule has 16 heteroatoms. The topological polar surface area (TPSA) is 142 Å². The monoisotopic (exact) mass is 661 g/mol. The van der Waals surface area contributed by atoms with Crippen molar-refractivity contribution in [2.24, 2.45) is 0 Å². The van der Waals surface area contributed by atoms with Gasteiger partial charge in [0.05, 0.1) is 12.8 Å². The normalized spacial score (nSPS) is 13.1. The smallest absolute Gasteiger partial charge is 0.434 e. The van der Waals surface area contributed by atoms with Crippen LogP contribution in [-0.2, 0) is 12.7 Å². The number of amides is 1. The second-order valence-corrected chi connectivity index (χ2v) is 11.6. The molecule has 1 aromatic carbocycles. The maximum atomic E-state index is 13.5. The van der Waals surface area contributed by atoms with Gasteiger partial charge in [-0.2, -0.15) is 18.2 Å². The van der Waals surface area contributed by atoms with Crippen molar-refractivity contribution in [2.75, 3.05) is 25.1 Å². The summed E-state index contributed by atoms with van der Waals surface area (Å²) in [5, 5.41) is 2.87. The number of nitrogens with zero attached hydrogens (tertiary/aromatic N) is 10. The Labute approximate surface area is 274 Å². The number of nitrogens with one attached hydrogen (secondary N) is 1. The van der Waals surface area contributed by atoms with E-state index in [-0.39, 0.29) is 23.8 Å². The number of carbonyl (C=O) groups is 1. The summed E-state index contributed by atoms with van der Waals surface area (Å²) in [5.74, 6) is 1.67. The van der Waals surface area contributed by atoms with Crippen LogP contribution in [-0.4, -0.2) is 70.3 Å². The Morgan fingerprint density at radius 2 is 1.85 bits per heavy atom. The van der Waals surface area contributed by atoms with E-state index in [1.54, 1.807) is 18.3 Å². The van der Waals surface area contributed by atoms with Crippen molar-refractivity contribution in [2.45, 2.75) is 57.8 Å².